The molecule has 154 valence electrons. The zero-order chi connectivity index (χ0) is 20.7. The third-order valence-electron chi connectivity index (χ3n) is 7.25. The Morgan fingerprint density at radius 2 is 1.16 bits per heavy atom. The summed E-state index contributed by atoms with van der Waals surface area (Å²) in [5, 5.41) is 4.50. The van der Waals surface area contributed by atoms with Crippen molar-refractivity contribution in [3.05, 3.63) is 0 Å². The van der Waals surface area contributed by atoms with Crippen molar-refractivity contribution in [3.8, 4) is 0 Å². The fourth-order valence-electron chi connectivity index (χ4n) is 4.27. The molecule has 0 saturated carbocycles. The molecule has 0 rings (SSSR count). The van der Waals surface area contributed by atoms with Gasteiger partial charge in [-0.25, -0.2) is 0 Å². The molecule has 1 N–H and O–H groups in total. The quantitative estimate of drug-likeness (QED) is 0.477. The predicted molar refractivity (Wildman–Crippen MR) is 123 cm³/mol. The molecule has 25 heavy (non-hydrogen) atoms. The first-order chi connectivity index (χ1) is 10.6. The second kappa shape index (κ2) is 7.43. The van der Waals surface area contributed by atoms with Crippen molar-refractivity contribution < 1.29 is 0 Å². The SMILES string of the molecule is CC(C)C(CC(C)(C)C)C(NC(C)(C)C)P(C)(C)(C(C)C)C(C)(C)C. The standard InChI is InChI=1S/C23H52NP/c1-17(2)19(16-21(5,6)7)20(24-22(8,9)10)25(14,15,18(3)4)23(11,12)13/h17-20,24H,16H2,1-15H3. The van der Waals surface area contributed by atoms with Crippen LogP contribution in [0.2, 0.25) is 0 Å². The molecule has 0 aromatic heterocycles. The van der Waals surface area contributed by atoms with Crippen LogP contribution in [0.5, 0.6) is 0 Å². The Labute approximate surface area is 161 Å². The van der Waals surface area contributed by atoms with Gasteiger partial charge in [0.25, 0.3) is 0 Å². The van der Waals surface area contributed by atoms with Crippen molar-refractivity contribution in [1.29, 1.82) is 0 Å². The summed E-state index contributed by atoms with van der Waals surface area (Å²) in [5.41, 5.74) is 1.18. The van der Waals surface area contributed by atoms with Crippen molar-refractivity contribution in [2.75, 3.05) is 13.3 Å². The third kappa shape index (κ3) is 5.68. The van der Waals surface area contributed by atoms with Gasteiger partial charge >= 0.3 is 161 Å². The van der Waals surface area contributed by atoms with Crippen molar-refractivity contribution >= 4 is 6.60 Å². The van der Waals surface area contributed by atoms with E-state index >= 15 is 0 Å². The molecule has 0 fully saturated rings. The summed E-state index contributed by atoms with van der Waals surface area (Å²) in [4.78, 5) is 0. The Balaban J connectivity index is 6.58. The molecule has 2 unspecified atom stereocenters. The van der Waals surface area contributed by atoms with Crippen LogP contribution in [0.1, 0.15) is 96.4 Å². The zero-order valence-corrected chi connectivity index (χ0v) is 21.4. The number of rotatable bonds is 6. The molecule has 0 aliphatic carbocycles. The van der Waals surface area contributed by atoms with Crippen molar-refractivity contribution in [2.45, 2.75) is 119 Å². The molecule has 0 aromatic carbocycles. The molecule has 2 heteroatoms. The van der Waals surface area contributed by atoms with Crippen LogP contribution in [0.4, 0.5) is 0 Å². The Hall–Kier alpha value is 0.390. The van der Waals surface area contributed by atoms with Crippen LogP contribution in [0, 0.1) is 17.3 Å². The summed E-state index contributed by atoms with van der Waals surface area (Å²) in [6, 6.07) is 0. The molecule has 0 spiro atoms. The monoisotopic (exact) mass is 373 g/mol. The van der Waals surface area contributed by atoms with Crippen molar-refractivity contribution in [3.63, 3.8) is 0 Å². The van der Waals surface area contributed by atoms with E-state index in [1.54, 1.807) is 0 Å². The first-order valence-corrected chi connectivity index (χ1v) is 13.7. The predicted octanol–water partition coefficient (Wildman–Crippen LogP) is 7.43. The average Bonchev–Trinajstić information content (AvgIpc) is 2.29. The van der Waals surface area contributed by atoms with E-state index in [0.29, 0.717) is 33.8 Å². The van der Waals surface area contributed by atoms with Crippen LogP contribution in [-0.4, -0.2) is 35.5 Å². The maximum absolute atomic E-state index is 4.19. The molecular formula is C23H52NP. The van der Waals surface area contributed by atoms with Gasteiger partial charge in [-0.1, -0.05) is 0 Å². The molecule has 0 saturated heterocycles. The van der Waals surface area contributed by atoms with Crippen LogP contribution in [0.25, 0.3) is 0 Å². The van der Waals surface area contributed by atoms with Crippen LogP contribution >= 0.6 is 6.60 Å². The van der Waals surface area contributed by atoms with Crippen molar-refractivity contribution in [2.24, 2.45) is 17.3 Å². The van der Waals surface area contributed by atoms with Crippen molar-refractivity contribution in [1.82, 2.24) is 5.32 Å². The average molecular weight is 374 g/mol. The first-order valence-electron chi connectivity index (χ1n) is 10.4. The van der Waals surface area contributed by atoms with Crippen LogP contribution in [0.3, 0.4) is 0 Å². The van der Waals surface area contributed by atoms with E-state index in [9.17, 15) is 0 Å². The van der Waals surface area contributed by atoms with Crippen LogP contribution < -0.4 is 5.32 Å². The normalized spacial score (nSPS) is 19.0. The minimum absolute atomic E-state index is 0.130. The van der Waals surface area contributed by atoms with Crippen LogP contribution in [0.15, 0.2) is 0 Å². The fraction of sp³-hybridized carbons (Fsp3) is 1.00. The minimum atomic E-state index is -2.11. The molecule has 0 aliphatic rings. The second-order valence-corrected chi connectivity index (χ2v) is 20.7. The number of hydrogen-bond acceptors (Lipinski definition) is 1. The van der Waals surface area contributed by atoms with Gasteiger partial charge in [0.2, 0.25) is 0 Å². The summed E-state index contributed by atoms with van der Waals surface area (Å²) >= 11 is 0. The van der Waals surface area contributed by atoms with E-state index in [2.05, 4.69) is 109 Å². The van der Waals surface area contributed by atoms with Gasteiger partial charge in [0.05, 0.1) is 0 Å². The first kappa shape index (κ1) is 25.4. The molecule has 0 amide bonds. The van der Waals surface area contributed by atoms with Gasteiger partial charge in [-0.2, -0.15) is 0 Å². The summed E-state index contributed by atoms with van der Waals surface area (Å²) in [5.74, 6) is 1.94. The molecule has 0 aromatic rings. The summed E-state index contributed by atoms with van der Waals surface area (Å²) < 4.78 is 0. The zero-order valence-electron chi connectivity index (χ0n) is 20.5. The Morgan fingerprint density at radius 3 is 1.36 bits per heavy atom. The number of hydrogen-bond donors (Lipinski definition) is 1. The topological polar surface area (TPSA) is 12.0 Å². The van der Waals surface area contributed by atoms with Gasteiger partial charge in [0, 0.05) is 0 Å². The Morgan fingerprint density at radius 1 is 0.760 bits per heavy atom. The fourth-order valence-corrected chi connectivity index (χ4v) is 9.71. The van der Waals surface area contributed by atoms with Gasteiger partial charge in [-0.3, -0.25) is 0 Å². The summed E-state index contributed by atoms with van der Waals surface area (Å²) in [6.07, 6.45) is 1.28. The van der Waals surface area contributed by atoms with E-state index in [1.807, 2.05) is 0 Å². The van der Waals surface area contributed by atoms with E-state index in [-0.39, 0.29) is 5.54 Å². The number of nitrogens with one attached hydrogen (secondary N) is 1. The van der Waals surface area contributed by atoms with Gasteiger partial charge in [0.15, 0.2) is 0 Å². The van der Waals surface area contributed by atoms with Gasteiger partial charge in [-0.15, -0.1) is 0 Å². The maximum atomic E-state index is 4.19. The summed E-state index contributed by atoms with van der Waals surface area (Å²) in [6.45, 7) is 34.8. The van der Waals surface area contributed by atoms with Gasteiger partial charge in [0.1, 0.15) is 0 Å². The third-order valence-corrected chi connectivity index (χ3v) is 16.9. The Kier molecular flexibility index (Phi) is 7.54. The van der Waals surface area contributed by atoms with Crippen LogP contribution in [-0.2, 0) is 0 Å². The Bertz CT molecular complexity index is 426. The molecule has 2 atom stereocenters. The molecular weight excluding hydrogens is 321 g/mol. The second-order valence-electron chi connectivity index (χ2n) is 13.1. The molecule has 0 aliphatic heterocycles. The molecule has 0 heterocycles. The molecule has 1 nitrogen and oxygen atoms in total. The van der Waals surface area contributed by atoms with Gasteiger partial charge < -0.3 is 0 Å². The van der Waals surface area contributed by atoms with E-state index in [1.165, 1.54) is 6.42 Å². The molecule has 0 bridgehead atoms. The van der Waals surface area contributed by atoms with E-state index in [4.69, 9.17) is 0 Å². The molecule has 0 radical (unpaired) electrons. The summed E-state index contributed by atoms with van der Waals surface area (Å²) in [7, 11) is 0. The van der Waals surface area contributed by atoms with Gasteiger partial charge in [-0.05, 0) is 0 Å². The van der Waals surface area contributed by atoms with E-state index < -0.39 is 6.60 Å². The van der Waals surface area contributed by atoms with E-state index in [0.717, 1.165) is 0 Å².